The van der Waals surface area contributed by atoms with Crippen LogP contribution in [-0.4, -0.2) is 12.3 Å². The first kappa shape index (κ1) is 11.6. The molecular formula is C12H16P2. The van der Waals surface area contributed by atoms with Gasteiger partial charge in [0.25, 0.3) is 0 Å². The molecule has 14 heavy (non-hydrogen) atoms. The minimum Gasteiger partial charge on any atom is -0.103 e. The smallest absolute Gasteiger partial charge is 0.0135 e. The van der Waals surface area contributed by atoms with Gasteiger partial charge in [-0.05, 0) is 22.9 Å². The third-order valence-corrected chi connectivity index (χ3v) is 4.25. The minimum absolute atomic E-state index is 0.868. The zero-order valence-electron chi connectivity index (χ0n) is 8.29. The molecule has 0 aliphatic carbocycles. The summed E-state index contributed by atoms with van der Waals surface area (Å²) < 4.78 is 0. The molecule has 0 radical (unpaired) electrons. The summed E-state index contributed by atoms with van der Waals surface area (Å²) in [5.41, 5.74) is 0. The van der Waals surface area contributed by atoms with Crippen LogP contribution in [0, 0.1) is 0 Å². The van der Waals surface area contributed by atoms with Crippen LogP contribution in [0.1, 0.15) is 0 Å². The van der Waals surface area contributed by atoms with Crippen LogP contribution in [0.2, 0.25) is 0 Å². The Kier molecular flexibility index (Phi) is 5.76. The first-order valence-corrected chi connectivity index (χ1v) is 7.08. The highest BCUT2D eigenvalue weighted by molar-refractivity contribution is 7.48. The summed E-state index contributed by atoms with van der Waals surface area (Å²) in [6.07, 6.45) is 6.14. The molecule has 0 fully saturated rings. The van der Waals surface area contributed by atoms with Gasteiger partial charge in [-0.3, -0.25) is 0 Å². The van der Waals surface area contributed by atoms with E-state index in [1.165, 1.54) is 10.6 Å². The summed E-state index contributed by atoms with van der Waals surface area (Å²) in [5.74, 6) is 0. The Morgan fingerprint density at radius 3 is 1.50 bits per heavy atom. The van der Waals surface area contributed by atoms with Crippen LogP contribution in [-0.2, 0) is 0 Å². The predicted octanol–water partition coefficient (Wildman–Crippen LogP) is 2.67. The summed E-state index contributed by atoms with van der Waals surface area (Å²) in [6.45, 7) is 7.46. The fourth-order valence-corrected chi connectivity index (χ4v) is 2.65. The zero-order chi connectivity index (χ0) is 10.2. The quantitative estimate of drug-likeness (QED) is 0.512. The van der Waals surface area contributed by atoms with Crippen LogP contribution >= 0.6 is 17.2 Å². The summed E-state index contributed by atoms with van der Waals surface area (Å²) in [7, 11) is 1.74. The normalized spacial score (nSPS) is 11.4. The van der Waals surface area contributed by atoms with E-state index in [1.54, 1.807) is 0 Å². The zero-order valence-corrected chi connectivity index (χ0v) is 10.3. The second kappa shape index (κ2) is 6.93. The minimum atomic E-state index is 0.868. The van der Waals surface area contributed by atoms with Crippen molar-refractivity contribution in [3.05, 3.63) is 49.6 Å². The maximum Gasteiger partial charge on any atom is -0.0135 e. The fourth-order valence-electron chi connectivity index (χ4n) is 1.09. The van der Waals surface area contributed by atoms with Crippen LogP contribution in [0.5, 0.6) is 0 Å². The van der Waals surface area contributed by atoms with Gasteiger partial charge >= 0.3 is 0 Å². The molecule has 1 aromatic carbocycles. The molecule has 74 valence electrons. The van der Waals surface area contributed by atoms with E-state index in [0.717, 1.165) is 29.5 Å². The monoisotopic (exact) mass is 222 g/mol. The molecule has 0 aliphatic rings. The van der Waals surface area contributed by atoms with Crippen LogP contribution in [0.4, 0.5) is 0 Å². The Hall–Kier alpha value is -0.440. The highest BCUT2D eigenvalue weighted by Gasteiger charge is 1.93. The molecule has 0 spiro atoms. The number of allylic oxidation sites excluding steroid dienone is 2. The van der Waals surface area contributed by atoms with E-state index in [2.05, 4.69) is 37.4 Å². The average Bonchev–Trinajstić information content (AvgIpc) is 2.25. The largest absolute Gasteiger partial charge is 0.103 e. The number of rotatable bonds is 6. The van der Waals surface area contributed by atoms with Gasteiger partial charge in [0, 0.05) is 0 Å². The third kappa shape index (κ3) is 4.18. The Balaban J connectivity index is 2.49. The highest BCUT2D eigenvalue weighted by atomic mass is 31.1. The number of hydrogen-bond acceptors (Lipinski definition) is 0. The van der Waals surface area contributed by atoms with Crippen molar-refractivity contribution in [2.24, 2.45) is 0 Å². The Morgan fingerprint density at radius 2 is 1.21 bits per heavy atom. The molecule has 2 heteroatoms. The van der Waals surface area contributed by atoms with Crippen molar-refractivity contribution in [1.29, 1.82) is 0 Å². The van der Waals surface area contributed by atoms with Gasteiger partial charge in [0.1, 0.15) is 0 Å². The lowest BCUT2D eigenvalue weighted by molar-refractivity contribution is 1.77. The van der Waals surface area contributed by atoms with Gasteiger partial charge in [-0.1, -0.05) is 53.6 Å². The standard InChI is InChI=1S/C12H16P2/c1-3-9-13-11-5-7-12(8-6-11)14-10-4-2/h3-8,13-14H,1-2,9-10H2. The topological polar surface area (TPSA) is 0 Å². The molecule has 0 bridgehead atoms. The molecule has 0 amide bonds. The van der Waals surface area contributed by atoms with Crippen LogP contribution < -0.4 is 10.6 Å². The maximum atomic E-state index is 3.73. The first-order valence-electron chi connectivity index (χ1n) is 4.66. The van der Waals surface area contributed by atoms with Gasteiger partial charge in [-0.2, -0.15) is 0 Å². The first-order chi connectivity index (χ1) is 6.86. The lowest BCUT2D eigenvalue weighted by Gasteiger charge is -2.01. The van der Waals surface area contributed by atoms with E-state index in [-0.39, 0.29) is 0 Å². The fraction of sp³-hybridized carbons (Fsp3) is 0.167. The average molecular weight is 222 g/mol. The van der Waals surface area contributed by atoms with Gasteiger partial charge in [-0.25, -0.2) is 0 Å². The molecule has 2 atom stereocenters. The SMILES string of the molecule is C=CCPc1ccc(PCC=C)cc1. The lowest BCUT2D eigenvalue weighted by Crippen LogP contribution is -2.01. The van der Waals surface area contributed by atoms with Crippen molar-refractivity contribution in [3.63, 3.8) is 0 Å². The van der Waals surface area contributed by atoms with E-state index in [9.17, 15) is 0 Å². The van der Waals surface area contributed by atoms with Crippen molar-refractivity contribution in [2.75, 3.05) is 12.3 Å². The molecule has 0 heterocycles. The second-order valence-electron chi connectivity index (χ2n) is 2.92. The Morgan fingerprint density at radius 1 is 0.857 bits per heavy atom. The van der Waals surface area contributed by atoms with E-state index >= 15 is 0 Å². The van der Waals surface area contributed by atoms with Gasteiger partial charge in [-0.15, -0.1) is 13.2 Å². The van der Waals surface area contributed by atoms with E-state index < -0.39 is 0 Å². The van der Waals surface area contributed by atoms with Crippen molar-refractivity contribution < 1.29 is 0 Å². The number of benzene rings is 1. The Labute approximate surface area is 90.1 Å². The van der Waals surface area contributed by atoms with Crippen molar-refractivity contribution in [2.45, 2.75) is 0 Å². The highest BCUT2D eigenvalue weighted by Crippen LogP contribution is 2.12. The summed E-state index contributed by atoms with van der Waals surface area (Å²) >= 11 is 0. The van der Waals surface area contributed by atoms with E-state index in [1.807, 2.05) is 12.2 Å². The molecule has 0 nitrogen and oxygen atoms in total. The van der Waals surface area contributed by atoms with Crippen LogP contribution in [0.15, 0.2) is 49.6 Å². The predicted molar refractivity (Wildman–Crippen MR) is 72.5 cm³/mol. The number of hydrogen-bond donors (Lipinski definition) is 0. The van der Waals surface area contributed by atoms with E-state index in [0.29, 0.717) is 0 Å². The molecule has 2 unspecified atom stereocenters. The molecule has 1 aromatic rings. The maximum absolute atomic E-state index is 3.73. The lowest BCUT2D eigenvalue weighted by atomic mass is 10.4. The molecule has 0 saturated carbocycles. The van der Waals surface area contributed by atoms with Crippen LogP contribution in [0.25, 0.3) is 0 Å². The second-order valence-corrected chi connectivity index (χ2v) is 5.59. The van der Waals surface area contributed by atoms with E-state index in [4.69, 9.17) is 0 Å². The van der Waals surface area contributed by atoms with Crippen molar-refractivity contribution in [1.82, 2.24) is 0 Å². The third-order valence-electron chi connectivity index (χ3n) is 1.79. The molecule has 1 rings (SSSR count). The van der Waals surface area contributed by atoms with Gasteiger partial charge in [0.15, 0.2) is 0 Å². The van der Waals surface area contributed by atoms with Crippen molar-refractivity contribution in [3.8, 4) is 0 Å². The molecular weight excluding hydrogens is 206 g/mol. The van der Waals surface area contributed by atoms with Crippen LogP contribution in [0.3, 0.4) is 0 Å². The van der Waals surface area contributed by atoms with Gasteiger partial charge < -0.3 is 0 Å². The van der Waals surface area contributed by atoms with Gasteiger partial charge in [0.05, 0.1) is 0 Å². The summed E-state index contributed by atoms with van der Waals surface area (Å²) in [4.78, 5) is 0. The van der Waals surface area contributed by atoms with Crippen molar-refractivity contribution >= 4 is 27.8 Å². The summed E-state index contributed by atoms with van der Waals surface area (Å²) in [6, 6.07) is 8.92. The molecule has 0 N–H and O–H groups in total. The molecule has 0 saturated heterocycles. The Bertz CT molecular complexity index is 257. The van der Waals surface area contributed by atoms with Gasteiger partial charge in [0.2, 0.25) is 0 Å². The molecule has 0 aliphatic heterocycles. The summed E-state index contributed by atoms with van der Waals surface area (Å²) in [5, 5.41) is 2.86. The molecule has 0 aromatic heterocycles.